The maximum atomic E-state index is 13.1. The molecule has 2 N–H and O–H groups in total. The van der Waals surface area contributed by atoms with Crippen molar-refractivity contribution in [2.75, 3.05) is 13.1 Å². The fourth-order valence-corrected chi connectivity index (χ4v) is 3.86. The van der Waals surface area contributed by atoms with E-state index in [1.165, 1.54) is 18.4 Å². The molecule has 0 radical (unpaired) electrons. The minimum atomic E-state index is -3.99. The van der Waals surface area contributed by atoms with Crippen molar-refractivity contribution in [1.29, 1.82) is 0 Å². The van der Waals surface area contributed by atoms with Gasteiger partial charge in [-0.25, -0.2) is 12.8 Å². The topological polar surface area (TPSA) is 105 Å². The molecule has 0 bridgehead atoms. The van der Waals surface area contributed by atoms with E-state index in [2.05, 4.69) is 10.6 Å². The van der Waals surface area contributed by atoms with Crippen molar-refractivity contribution in [2.45, 2.75) is 24.0 Å². The van der Waals surface area contributed by atoms with Crippen LogP contribution in [0.4, 0.5) is 4.39 Å². The lowest BCUT2D eigenvalue weighted by Gasteiger charge is -2.16. The van der Waals surface area contributed by atoms with Crippen LogP contribution in [0.3, 0.4) is 0 Å². The summed E-state index contributed by atoms with van der Waals surface area (Å²) in [4.78, 5) is 23.6. The van der Waals surface area contributed by atoms with E-state index in [0.717, 1.165) is 24.3 Å². The highest BCUT2D eigenvalue weighted by atomic mass is 32.2. The van der Waals surface area contributed by atoms with Gasteiger partial charge in [-0.1, -0.05) is 13.8 Å². The van der Waals surface area contributed by atoms with E-state index in [0.29, 0.717) is 6.54 Å². The highest BCUT2D eigenvalue weighted by molar-refractivity contribution is 7.91. The van der Waals surface area contributed by atoms with Gasteiger partial charge in [-0.3, -0.25) is 9.59 Å². The Morgan fingerprint density at radius 3 is 2.15 bits per heavy atom. The Bertz CT molecular complexity index is 877. The standard InChI is InChI=1S/C18H21FN2O5S/c1-12(2)10-20-17(22)18(23)21-11-16(15-4-3-9-26-15)27(24,25)14-7-5-13(19)6-8-14/h3-9,12,16H,10-11H2,1-2H3,(H,20,22)(H,21,23)/t16-/m0/s1. The lowest BCUT2D eigenvalue weighted by molar-refractivity contribution is -0.139. The van der Waals surface area contributed by atoms with Gasteiger partial charge < -0.3 is 15.1 Å². The number of amides is 2. The molecule has 2 rings (SSSR count). The molecule has 2 amide bonds. The van der Waals surface area contributed by atoms with Crippen LogP contribution in [0.2, 0.25) is 0 Å². The predicted molar refractivity (Wildman–Crippen MR) is 95.9 cm³/mol. The normalized spacial score (nSPS) is 12.6. The van der Waals surface area contributed by atoms with Crippen LogP contribution in [0.25, 0.3) is 0 Å². The van der Waals surface area contributed by atoms with E-state index in [1.54, 1.807) is 0 Å². The number of carbonyl (C=O) groups excluding carboxylic acids is 2. The summed E-state index contributed by atoms with van der Waals surface area (Å²) in [5.74, 6) is -2.10. The highest BCUT2D eigenvalue weighted by Gasteiger charge is 2.32. The Morgan fingerprint density at radius 1 is 1.04 bits per heavy atom. The second-order valence-corrected chi connectivity index (χ2v) is 8.45. The average Bonchev–Trinajstić information content (AvgIpc) is 3.14. The molecule has 0 aliphatic heterocycles. The van der Waals surface area contributed by atoms with Crippen LogP contribution in [0, 0.1) is 11.7 Å². The predicted octanol–water partition coefficient (Wildman–Crippen LogP) is 1.82. The summed E-state index contributed by atoms with van der Waals surface area (Å²) < 4.78 is 44.1. The van der Waals surface area contributed by atoms with Gasteiger partial charge in [0.25, 0.3) is 0 Å². The molecule has 9 heteroatoms. The molecule has 0 unspecified atom stereocenters. The monoisotopic (exact) mass is 396 g/mol. The van der Waals surface area contributed by atoms with Crippen LogP contribution >= 0.6 is 0 Å². The molecule has 1 aromatic carbocycles. The average molecular weight is 396 g/mol. The Balaban J connectivity index is 2.17. The molecule has 7 nitrogen and oxygen atoms in total. The minimum absolute atomic E-state index is 0.0993. The van der Waals surface area contributed by atoms with Crippen LogP contribution in [-0.4, -0.2) is 33.3 Å². The van der Waals surface area contributed by atoms with Crippen LogP contribution in [0.15, 0.2) is 52.0 Å². The van der Waals surface area contributed by atoms with Gasteiger partial charge in [0.1, 0.15) is 16.8 Å². The fraction of sp³-hybridized carbons (Fsp3) is 0.333. The Morgan fingerprint density at radius 2 is 1.63 bits per heavy atom. The van der Waals surface area contributed by atoms with Crippen molar-refractivity contribution >= 4 is 21.7 Å². The van der Waals surface area contributed by atoms with Crippen LogP contribution in [0.1, 0.15) is 24.9 Å². The number of carbonyl (C=O) groups is 2. The van der Waals surface area contributed by atoms with Crippen LogP contribution < -0.4 is 10.6 Å². The third-order valence-electron chi connectivity index (χ3n) is 3.70. The zero-order valence-corrected chi connectivity index (χ0v) is 15.8. The van der Waals surface area contributed by atoms with Crippen molar-refractivity contribution in [1.82, 2.24) is 10.6 Å². The summed E-state index contributed by atoms with van der Waals surface area (Å²) in [5.41, 5.74) is 0. The van der Waals surface area contributed by atoms with Crippen molar-refractivity contribution < 1.29 is 26.8 Å². The summed E-state index contributed by atoms with van der Waals surface area (Å²) >= 11 is 0. The van der Waals surface area contributed by atoms with Gasteiger partial charge >= 0.3 is 11.8 Å². The molecule has 0 fully saturated rings. The molecule has 1 atom stereocenters. The lowest BCUT2D eigenvalue weighted by atomic mass is 10.2. The van der Waals surface area contributed by atoms with Crippen molar-refractivity contribution in [3.8, 4) is 0 Å². The van der Waals surface area contributed by atoms with Gasteiger partial charge in [0.2, 0.25) is 0 Å². The zero-order valence-electron chi connectivity index (χ0n) is 14.9. The summed E-state index contributed by atoms with van der Waals surface area (Å²) in [6.45, 7) is 3.70. The van der Waals surface area contributed by atoms with Crippen molar-refractivity contribution in [3.63, 3.8) is 0 Å². The van der Waals surface area contributed by atoms with E-state index in [9.17, 15) is 22.4 Å². The molecule has 0 saturated carbocycles. The number of hydrogen-bond donors (Lipinski definition) is 2. The first-order valence-corrected chi connectivity index (χ1v) is 9.85. The minimum Gasteiger partial charge on any atom is -0.468 e. The first-order valence-electron chi connectivity index (χ1n) is 8.30. The van der Waals surface area contributed by atoms with Crippen LogP contribution in [0.5, 0.6) is 0 Å². The third-order valence-corrected chi connectivity index (χ3v) is 5.78. The SMILES string of the molecule is CC(C)CNC(=O)C(=O)NC[C@@H](c1ccco1)S(=O)(=O)c1ccc(F)cc1. The number of rotatable bonds is 7. The van der Waals surface area contributed by atoms with Crippen molar-refractivity contribution in [3.05, 3.63) is 54.2 Å². The maximum absolute atomic E-state index is 13.1. The number of nitrogens with one attached hydrogen (secondary N) is 2. The molecule has 0 spiro atoms. The largest absolute Gasteiger partial charge is 0.468 e. The smallest absolute Gasteiger partial charge is 0.309 e. The van der Waals surface area contributed by atoms with Gasteiger partial charge in [0.15, 0.2) is 9.84 Å². The first-order chi connectivity index (χ1) is 12.7. The molecular formula is C18H21FN2O5S. The Labute approximate surface area is 156 Å². The summed E-state index contributed by atoms with van der Waals surface area (Å²) in [6.07, 6.45) is 1.31. The maximum Gasteiger partial charge on any atom is 0.309 e. The van der Waals surface area contributed by atoms with Crippen molar-refractivity contribution in [2.24, 2.45) is 5.92 Å². The van der Waals surface area contributed by atoms with Gasteiger partial charge in [-0.15, -0.1) is 0 Å². The highest BCUT2D eigenvalue weighted by Crippen LogP contribution is 2.29. The van der Waals surface area contributed by atoms with Gasteiger partial charge in [0.05, 0.1) is 11.2 Å². The van der Waals surface area contributed by atoms with Gasteiger partial charge in [-0.05, 0) is 42.3 Å². The number of benzene rings is 1. The van der Waals surface area contributed by atoms with E-state index in [4.69, 9.17) is 4.42 Å². The number of halogens is 1. The Hall–Kier alpha value is -2.68. The summed E-state index contributed by atoms with van der Waals surface area (Å²) in [6, 6.07) is 7.31. The summed E-state index contributed by atoms with van der Waals surface area (Å²) in [7, 11) is -3.99. The molecule has 0 saturated heterocycles. The number of furan rings is 1. The molecule has 1 heterocycles. The van der Waals surface area contributed by atoms with E-state index < -0.39 is 32.7 Å². The van der Waals surface area contributed by atoms with E-state index >= 15 is 0 Å². The molecule has 2 aromatic rings. The molecule has 0 aliphatic rings. The second kappa shape index (κ2) is 8.81. The van der Waals surface area contributed by atoms with Crippen LogP contribution in [-0.2, 0) is 19.4 Å². The molecule has 146 valence electrons. The third kappa shape index (κ3) is 5.40. The lowest BCUT2D eigenvalue weighted by Crippen LogP contribution is -2.43. The zero-order chi connectivity index (χ0) is 20.0. The summed E-state index contributed by atoms with van der Waals surface area (Å²) in [5, 5.41) is 3.51. The molecule has 0 aliphatic carbocycles. The fourth-order valence-electron chi connectivity index (χ4n) is 2.27. The molecule has 1 aromatic heterocycles. The Kier molecular flexibility index (Phi) is 6.73. The number of hydrogen-bond acceptors (Lipinski definition) is 5. The first kappa shape index (κ1) is 20.6. The van der Waals surface area contributed by atoms with Gasteiger partial charge in [-0.2, -0.15) is 0 Å². The molecular weight excluding hydrogens is 375 g/mol. The molecule has 27 heavy (non-hydrogen) atoms. The number of sulfone groups is 1. The second-order valence-electron chi connectivity index (χ2n) is 6.32. The quantitative estimate of drug-likeness (QED) is 0.549. The van der Waals surface area contributed by atoms with E-state index in [1.807, 2.05) is 13.8 Å². The van der Waals surface area contributed by atoms with Gasteiger partial charge in [0, 0.05) is 13.1 Å². The van der Waals surface area contributed by atoms with E-state index in [-0.39, 0.29) is 23.1 Å².